The third-order valence-corrected chi connectivity index (χ3v) is 2.72. The molecule has 1 N–H and O–H groups in total. The third-order valence-electron chi connectivity index (χ3n) is 2.72. The largest absolute Gasteiger partial charge is 0.424 e. The minimum absolute atomic E-state index is 0.170. The Morgan fingerprint density at radius 1 is 1.38 bits per heavy atom. The second kappa shape index (κ2) is 5.41. The van der Waals surface area contributed by atoms with Crippen molar-refractivity contribution in [2.24, 2.45) is 0 Å². The maximum atomic E-state index is 8.94. The van der Waals surface area contributed by atoms with Gasteiger partial charge in [-0.05, 0) is 25.8 Å². The zero-order valence-electron chi connectivity index (χ0n) is 9.72. The highest BCUT2D eigenvalue weighted by atomic mass is 16.4. The first kappa shape index (κ1) is 11.5. The molecule has 1 aromatic heterocycles. The summed E-state index contributed by atoms with van der Waals surface area (Å²) in [5.74, 6) is 1.97. The smallest absolute Gasteiger partial charge is 0.230 e. The van der Waals surface area contributed by atoms with Gasteiger partial charge in [-0.25, -0.2) is 0 Å². The van der Waals surface area contributed by atoms with Crippen LogP contribution in [0.4, 0.5) is 0 Å². The predicted molar refractivity (Wildman–Crippen MR) is 58.9 cm³/mol. The van der Waals surface area contributed by atoms with E-state index >= 15 is 0 Å². The minimum Gasteiger partial charge on any atom is -0.424 e. The van der Waals surface area contributed by atoms with E-state index in [1.807, 2.05) is 0 Å². The number of aromatic nitrogens is 2. The van der Waals surface area contributed by atoms with Crippen molar-refractivity contribution in [2.75, 3.05) is 19.7 Å². The van der Waals surface area contributed by atoms with E-state index in [2.05, 4.69) is 22.0 Å². The first-order chi connectivity index (χ1) is 7.83. The second-order valence-corrected chi connectivity index (χ2v) is 4.31. The van der Waals surface area contributed by atoms with Gasteiger partial charge in [0.2, 0.25) is 11.8 Å². The molecule has 1 heterocycles. The zero-order chi connectivity index (χ0) is 11.4. The Morgan fingerprint density at radius 3 is 2.81 bits per heavy atom. The molecule has 0 unspecified atom stereocenters. The lowest BCUT2D eigenvalue weighted by molar-refractivity contribution is 0.178. The van der Waals surface area contributed by atoms with Crippen LogP contribution in [0.5, 0.6) is 0 Å². The molecule has 0 amide bonds. The number of rotatable bonds is 7. The van der Waals surface area contributed by atoms with E-state index in [4.69, 9.17) is 9.52 Å². The van der Waals surface area contributed by atoms with E-state index in [-0.39, 0.29) is 6.61 Å². The van der Waals surface area contributed by atoms with Gasteiger partial charge < -0.3 is 9.52 Å². The molecule has 5 nitrogen and oxygen atoms in total. The Bertz CT molecular complexity index is 317. The molecule has 0 aromatic carbocycles. The average Bonchev–Trinajstić information content (AvgIpc) is 3.01. The fourth-order valence-corrected chi connectivity index (χ4v) is 1.74. The highest BCUT2D eigenvalue weighted by molar-refractivity contribution is 5.00. The maximum Gasteiger partial charge on any atom is 0.230 e. The van der Waals surface area contributed by atoms with Gasteiger partial charge in [-0.2, -0.15) is 0 Å². The van der Waals surface area contributed by atoms with E-state index in [0.29, 0.717) is 24.9 Å². The van der Waals surface area contributed by atoms with Crippen molar-refractivity contribution >= 4 is 0 Å². The molecule has 1 fully saturated rings. The Hall–Kier alpha value is -0.940. The number of aliphatic hydroxyl groups is 1. The van der Waals surface area contributed by atoms with Crippen LogP contribution in [0.2, 0.25) is 0 Å². The lowest BCUT2D eigenvalue weighted by Gasteiger charge is -2.17. The van der Waals surface area contributed by atoms with Crippen molar-refractivity contribution in [3.63, 3.8) is 0 Å². The van der Waals surface area contributed by atoms with E-state index in [1.165, 1.54) is 12.8 Å². The van der Waals surface area contributed by atoms with Crippen LogP contribution in [0.15, 0.2) is 4.42 Å². The summed E-state index contributed by atoms with van der Waals surface area (Å²) >= 11 is 0. The fourth-order valence-electron chi connectivity index (χ4n) is 1.74. The number of hydrogen-bond acceptors (Lipinski definition) is 5. The molecule has 16 heavy (non-hydrogen) atoms. The summed E-state index contributed by atoms with van der Waals surface area (Å²) in [5.41, 5.74) is 0. The first-order valence-electron chi connectivity index (χ1n) is 5.99. The van der Waals surface area contributed by atoms with Crippen LogP contribution < -0.4 is 0 Å². The number of nitrogens with zero attached hydrogens (tertiary/aromatic N) is 3. The molecule has 2 rings (SSSR count). The SMILES string of the molecule is CCCN(CCO)Cc1nnc(C2CC2)o1. The van der Waals surface area contributed by atoms with Gasteiger partial charge in [-0.1, -0.05) is 6.92 Å². The quantitative estimate of drug-likeness (QED) is 0.754. The van der Waals surface area contributed by atoms with Crippen molar-refractivity contribution in [2.45, 2.75) is 38.6 Å². The van der Waals surface area contributed by atoms with Gasteiger partial charge >= 0.3 is 0 Å². The summed E-state index contributed by atoms with van der Waals surface area (Å²) in [6, 6.07) is 0. The van der Waals surface area contributed by atoms with E-state index in [9.17, 15) is 0 Å². The molecule has 5 heteroatoms. The van der Waals surface area contributed by atoms with Crippen LogP contribution in [-0.2, 0) is 6.54 Å². The average molecular weight is 225 g/mol. The number of aliphatic hydroxyl groups excluding tert-OH is 1. The van der Waals surface area contributed by atoms with Crippen LogP contribution in [0.1, 0.15) is 43.9 Å². The van der Waals surface area contributed by atoms with Crippen LogP contribution in [-0.4, -0.2) is 39.9 Å². The maximum absolute atomic E-state index is 8.94. The second-order valence-electron chi connectivity index (χ2n) is 4.31. The lowest BCUT2D eigenvalue weighted by Crippen LogP contribution is -2.27. The van der Waals surface area contributed by atoms with Crippen molar-refractivity contribution in [3.05, 3.63) is 11.8 Å². The van der Waals surface area contributed by atoms with Crippen molar-refractivity contribution < 1.29 is 9.52 Å². The molecule has 1 aliphatic rings. The van der Waals surface area contributed by atoms with Gasteiger partial charge in [0.25, 0.3) is 0 Å². The fraction of sp³-hybridized carbons (Fsp3) is 0.818. The minimum atomic E-state index is 0.170. The Labute approximate surface area is 95.5 Å². The van der Waals surface area contributed by atoms with Gasteiger partial charge in [-0.15, -0.1) is 10.2 Å². The molecule has 1 aromatic rings. The molecule has 0 radical (unpaired) electrons. The normalized spacial score (nSPS) is 15.9. The summed E-state index contributed by atoms with van der Waals surface area (Å²) < 4.78 is 5.59. The molecular formula is C11H19N3O2. The molecule has 1 saturated carbocycles. The molecule has 0 bridgehead atoms. The Kier molecular flexibility index (Phi) is 3.90. The molecule has 90 valence electrons. The molecule has 0 spiro atoms. The molecular weight excluding hydrogens is 206 g/mol. The lowest BCUT2D eigenvalue weighted by atomic mass is 10.4. The highest BCUT2D eigenvalue weighted by Gasteiger charge is 2.29. The van der Waals surface area contributed by atoms with E-state index < -0.39 is 0 Å². The standard InChI is InChI=1S/C11H19N3O2/c1-2-5-14(6-7-15)8-10-12-13-11(16-10)9-3-4-9/h9,15H,2-8H2,1H3. The first-order valence-corrected chi connectivity index (χ1v) is 5.99. The van der Waals surface area contributed by atoms with Gasteiger partial charge in [0.15, 0.2) is 0 Å². The van der Waals surface area contributed by atoms with Crippen LogP contribution >= 0.6 is 0 Å². The summed E-state index contributed by atoms with van der Waals surface area (Å²) in [4.78, 5) is 2.13. The summed E-state index contributed by atoms with van der Waals surface area (Å²) in [6.45, 7) is 4.54. The summed E-state index contributed by atoms with van der Waals surface area (Å²) in [6.07, 6.45) is 3.41. The van der Waals surface area contributed by atoms with Gasteiger partial charge in [0.1, 0.15) is 0 Å². The van der Waals surface area contributed by atoms with E-state index in [1.54, 1.807) is 0 Å². The Morgan fingerprint density at radius 2 is 2.19 bits per heavy atom. The zero-order valence-corrected chi connectivity index (χ0v) is 9.72. The van der Waals surface area contributed by atoms with Crippen LogP contribution in [0.3, 0.4) is 0 Å². The van der Waals surface area contributed by atoms with Gasteiger partial charge in [0.05, 0.1) is 13.2 Å². The van der Waals surface area contributed by atoms with Crippen LogP contribution in [0, 0.1) is 0 Å². The molecule has 1 aliphatic carbocycles. The van der Waals surface area contributed by atoms with E-state index in [0.717, 1.165) is 18.9 Å². The summed E-state index contributed by atoms with van der Waals surface area (Å²) in [7, 11) is 0. The predicted octanol–water partition coefficient (Wildman–Crippen LogP) is 1.15. The number of hydrogen-bond donors (Lipinski definition) is 1. The molecule has 0 aliphatic heterocycles. The monoisotopic (exact) mass is 225 g/mol. The highest BCUT2D eigenvalue weighted by Crippen LogP contribution is 2.39. The van der Waals surface area contributed by atoms with Crippen molar-refractivity contribution in [3.8, 4) is 0 Å². The molecule has 0 atom stereocenters. The van der Waals surface area contributed by atoms with Crippen molar-refractivity contribution in [1.29, 1.82) is 0 Å². The topological polar surface area (TPSA) is 62.4 Å². The molecule has 0 saturated heterocycles. The van der Waals surface area contributed by atoms with Gasteiger partial charge in [-0.3, -0.25) is 4.90 Å². The third kappa shape index (κ3) is 3.02. The van der Waals surface area contributed by atoms with Crippen LogP contribution in [0.25, 0.3) is 0 Å². The summed E-state index contributed by atoms with van der Waals surface area (Å²) in [5, 5.41) is 17.0. The van der Waals surface area contributed by atoms with Crippen molar-refractivity contribution in [1.82, 2.24) is 15.1 Å². The van der Waals surface area contributed by atoms with Gasteiger partial charge in [0, 0.05) is 12.5 Å². The Balaban J connectivity index is 1.89.